The highest BCUT2D eigenvalue weighted by molar-refractivity contribution is 6.34. The number of rotatable bonds is 6. The molecular formula is C19H22ClN3O2. The van der Waals surface area contributed by atoms with Crippen molar-refractivity contribution in [3.05, 3.63) is 58.6 Å². The molecule has 0 aliphatic carbocycles. The zero-order valence-corrected chi connectivity index (χ0v) is 15.1. The normalized spacial score (nSPS) is 10.6. The maximum atomic E-state index is 12.4. The van der Waals surface area contributed by atoms with Gasteiger partial charge in [0.05, 0.1) is 10.6 Å². The van der Waals surface area contributed by atoms with Crippen LogP contribution in [0.3, 0.4) is 0 Å². The highest BCUT2D eigenvalue weighted by Crippen LogP contribution is 2.21. The van der Waals surface area contributed by atoms with E-state index in [4.69, 9.17) is 17.3 Å². The van der Waals surface area contributed by atoms with Gasteiger partial charge in [-0.1, -0.05) is 37.6 Å². The number of nitrogen functional groups attached to an aromatic ring is 1. The lowest BCUT2D eigenvalue weighted by molar-refractivity contribution is -0.118. The van der Waals surface area contributed by atoms with E-state index in [0.717, 1.165) is 5.56 Å². The van der Waals surface area contributed by atoms with E-state index in [1.807, 2.05) is 24.3 Å². The predicted octanol–water partition coefficient (Wildman–Crippen LogP) is 3.49. The van der Waals surface area contributed by atoms with Gasteiger partial charge in [-0.05, 0) is 42.3 Å². The topological polar surface area (TPSA) is 84.2 Å². The minimum atomic E-state index is -0.277. The van der Waals surface area contributed by atoms with Gasteiger partial charge in [0, 0.05) is 23.8 Å². The number of nitrogens with one attached hydrogen (secondary N) is 2. The number of halogens is 1. The average Bonchev–Trinajstić information content (AvgIpc) is 2.58. The maximum absolute atomic E-state index is 12.4. The number of hydrogen-bond acceptors (Lipinski definition) is 3. The van der Waals surface area contributed by atoms with Crippen LogP contribution in [0.1, 0.15) is 29.8 Å². The van der Waals surface area contributed by atoms with Crippen LogP contribution in [0.2, 0.25) is 5.02 Å². The molecule has 0 radical (unpaired) electrons. The number of nitrogens with two attached hydrogens (primary N) is 1. The molecule has 4 N–H and O–H groups in total. The van der Waals surface area contributed by atoms with E-state index in [0.29, 0.717) is 34.9 Å². The Kier molecular flexibility index (Phi) is 6.42. The fourth-order valence-electron chi connectivity index (χ4n) is 2.16. The standard InChI is InChI=1S/C19H22ClN3O2/c1-12(2)18(24)23-15-7-8-17(20)16(11-15)19(25)22-10-9-13-3-5-14(21)6-4-13/h3-8,11-12H,9-10,21H2,1-2H3,(H,22,25)(H,23,24). The van der Waals surface area contributed by atoms with Crippen LogP contribution < -0.4 is 16.4 Å². The van der Waals surface area contributed by atoms with Crippen molar-refractivity contribution in [3.63, 3.8) is 0 Å². The van der Waals surface area contributed by atoms with E-state index >= 15 is 0 Å². The Morgan fingerprint density at radius 1 is 1.12 bits per heavy atom. The molecule has 132 valence electrons. The van der Waals surface area contributed by atoms with Crippen LogP contribution in [0.15, 0.2) is 42.5 Å². The number of carbonyl (C=O) groups excluding carboxylic acids is 2. The molecule has 0 aromatic heterocycles. The minimum absolute atomic E-state index is 0.114. The molecule has 0 bridgehead atoms. The van der Waals surface area contributed by atoms with Crippen LogP contribution in [0, 0.1) is 5.92 Å². The first-order valence-electron chi connectivity index (χ1n) is 8.10. The summed E-state index contributed by atoms with van der Waals surface area (Å²) in [7, 11) is 0. The second kappa shape index (κ2) is 8.53. The summed E-state index contributed by atoms with van der Waals surface area (Å²) >= 11 is 6.12. The van der Waals surface area contributed by atoms with Crippen molar-refractivity contribution in [2.45, 2.75) is 20.3 Å². The molecule has 2 rings (SSSR count). The summed E-state index contributed by atoms with van der Waals surface area (Å²) in [5.41, 5.74) is 8.32. The van der Waals surface area contributed by atoms with E-state index in [-0.39, 0.29) is 17.7 Å². The summed E-state index contributed by atoms with van der Waals surface area (Å²) in [5.74, 6) is -0.536. The highest BCUT2D eigenvalue weighted by Gasteiger charge is 2.13. The van der Waals surface area contributed by atoms with Crippen LogP contribution in [0.25, 0.3) is 0 Å². The van der Waals surface area contributed by atoms with Crippen LogP contribution in [0.4, 0.5) is 11.4 Å². The van der Waals surface area contributed by atoms with Crippen LogP contribution in [0.5, 0.6) is 0 Å². The van der Waals surface area contributed by atoms with Gasteiger partial charge in [0.1, 0.15) is 0 Å². The second-order valence-electron chi connectivity index (χ2n) is 6.09. The smallest absolute Gasteiger partial charge is 0.252 e. The molecule has 25 heavy (non-hydrogen) atoms. The molecule has 5 nitrogen and oxygen atoms in total. The summed E-state index contributed by atoms with van der Waals surface area (Å²) in [6.45, 7) is 4.08. The third kappa shape index (κ3) is 5.50. The van der Waals surface area contributed by atoms with Crippen molar-refractivity contribution in [2.75, 3.05) is 17.6 Å². The monoisotopic (exact) mass is 359 g/mol. The third-order valence-electron chi connectivity index (χ3n) is 3.68. The molecule has 0 heterocycles. The van der Waals surface area contributed by atoms with E-state index in [1.54, 1.807) is 32.0 Å². The van der Waals surface area contributed by atoms with Gasteiger partial charge in [-0.3, -0.25) is 9.59 Å². The molecule has 0 saturated heterocycles. The molecule has 0 saturated carbocycles. The summed E-state index contributed by atoms with van der Waals surface area (Å²) in [6, 6.07) is 12.4. The zero-order valence-electron chi connectivity index (χ0n) is 14.3. The quantitative estimate of drug-likeness (QED) is 0.690. The fraction of sp³-hybridized carbons (Fsp3) is 0.263. The molecule has 0 aliphatic rings. The zero-order chi connectivity index (χ0) is 18.4. The maximum Gasteiger partial charge on any atom is 0.252 e. The van der Waals surface area contributed by atoms with Gasteiger partial charge in [0.25, 0.3) is 5.91 Å². The molecule has 0 atom stereocenters. The van der Waals surface area contributed by atoms with Crippen molar-refractivity contribution in [2.24, 2.45) is 5.92 Å². The molecular weight excluding hydrogens is 338 g/mol. The summed E-state index contributed by atoms with van der Waals surface area (Å²) in [5, 5.41) is 5.94. The van der Waals surface area contributed by atoms with E-state index in [2.05, 4.69) is 10.6 Å². The van der Waals surface area contributed by atoms with Crippen molar-refractivity contribution in [3.8, 4) is 0 Å². The molecule has 6 heteroatoms. The Balaban J connectivity index is 1.98. The van der Waals surface area contributed by atoms with Gasteiger partial charge in [-0.25, -0.2) is 0 Å². The molecule has 2 aromatic rings. The van der Waals surface area contributed by atoms with Crippen LogP contribution in [-0.4, -0.2) is 18.4 Å². The Morgan fingerprint density at radius 3 is 2.44 bits per heavy atom. The Bertz CT molecular complexity index is 758. The first kappa shape index (κ1) is 18.8. The summed E-state index contributed by atoms with van der Waals surface area (Å²) in [4.78, 5) is 24.1. The fourth-order valence-corrected chi connectivity index (χ4v) is 2.37. The lowest BCUT2D eigenvalue weighted by Gasteiger charge is -2.11. The predicted molar refractivity (Wildman–Crippen MR) is 102 cm³/mol. The summed E-state index contributed by atoms with van der Waals surface area (Å²) < 4.78 is 0. The van der Waals surface area contributed by atoms with Gasteiger partial charge in [0.2, 0.25) is 5.91 Å². The molecule has 0 aliphatic heterocycles. The van der Waals surface area contributed by atoms with E-state index in [9.17, 15) is 9.59 Å². The SMILES string of the molecule is CC(C)C(=O)Nc1ccc(Cl)c(C(=O)NCCc2ccc(N)cc2)c1. The second-order valence-corrected chi connectivity index (χ2v) is 6.49. The van der Waals surface area contributed by atoms with Gasteiger partial charge in [-0.2, -0.15) is 0 Å². The average molecular weight is 360 g/mol. The lowest BCUT2D eigenvalue weighted by Crippen LogP contribution is -2.26. The summed E-state index contributed by atoms with van der Waals surface area (Å²) in [6.07, 6.45) is 0.688. The molecule has 2 aromatic carbocycles. The van der Waals surface area contributed by atoms with Crippen molar-refractivity contribution in [1.82, 2.24) is 5.32 Å². The number of amides is 2. The van der Waals surface area contributed by atoms with Crippen molar-refractivity contribution < 1.29 is 9.59 Å². The highest BCUT2D eigenvalue weighted by atomic mass is 35.5. The van der Waals surface area contributed by atoms with E-state index < -0.39 is 0 Å². The van der Waals surface area contributed by atoms with Gasteiger partial charge < -0.3 is 16.4 Å². The van der Waals surface area contributed by atoms with Crippen molar-refractivity contribution in [1.29, 1.82) is 0 Å². The number of hydrogen-bond donors (Lipinski definition) is 3. The first-order valence-corrected chi connectivity index (χ1v) is 8.47. The number of anilines is 2. The van der Waals surface area contributed by atoms with Gasteiger partial charge in [0.15, 0.2) is 0 Å². The van der Waals surface area contributed by atoms with Gasteiger partial charge in [-0.15, -0.1) is 0 Å². The van der Waals surface area contributed by atoms with Crippen LogP contribution >= 0.6 is 11.6 Å². The molecule has 2 amide bonds. The number of carbonyl (C=O) groups is 2. The number of benzene rings is 2. The van der Waals surface area contributed by atoms with Crippen LogP contribution in [-0.2, 0) is 11.2 Å². The minimum Gasteiger partial charge on any atom is -0.399 e. The lowest BCUT2D eigenvalue weighted by atomic mass is 10.1. The molecule has 0 fully saturated rings. The Morgan fingerprint density at radius 2 is 1.80 bits per heavy atom. The van der Waals surface area contributed by atoms with Crippen molar-refractivity contribution >= 4 is 34.8 Å². The third-order valence-corrected chi connectivity index (χ3v) is 4.01. The largest absolute Gasteiger partial charge is 0.399 e. The molecule has 0 unspecified atom stereocenters. The Hall–Kier alpha value is -2.53. The Labute approximate surface area is 152 Å². The van der Waals surface area contributed by atoms with Gasteiger partial charge >= 0.3 is 0 Å². The molecule has 0 spiro atoms. The van der Waals surface area contributed by atoms with E-state index in [1.165, 1.54) is 0 Å². The first-order chi connectivity index (χ1) is 11.9.